The molecule has 1 aromatic rings. The summed E-state index contributed by atoms with van der Waals surface area (Å²) in [7, 11) is 0. The van der Waals surface area contributed by atoms with Gasteiger partial charge in [-0.05, 0) is 63.2 Å². The van der Waals surface area contributed by atoms with Crippen LogP contribution in [0.2, 0.25) is 0 Å². The van der Waals surface area contributed by atoms with Gasteiger partial charge in [0.1, 0.15) is 0 Å². The summed E-state index contributed by atoms with van der Waals surface area (Å²) in [6, 6.07) is 0.550. The average Bonchev–Trinajstić information content (AvgIpc) is 2.77. The quantitative estimate of drug-likeness (QED) is 0.891. The van der Waals surface area contributed by atoms with Gasteiger partial charge < -0.3 is 5.32 Å². The van der Waals surface area contributed by atoms with Gasteiger partial charge in [-0.3, -0.25) is 0 Å². The highest BCUT2D eigenvalue weighted by molar-refractivity contribution is 7.11. The highest BCUT2D eigenvalue weighted by atomic mass is 32.1. The van der Waals surface area contributed by atoms with Gasteiger partial charge >= 0.3 is 0 Å². The predicted octanol–water partition coefficient (Wildman–Crippen LogP) is 4.42. The minimum Gasteiger partial charge on any atom is -0.310 e. The number of hydrogen-bond acceptors (Lipinski definition) is 3. The van der Waals surface area contributed by atoms with E-state index in [2.05, 4.69) is 26.1 Å². The Hall–Kier alpha value is -0.410. The van der Waals surface area contributed by atoms with Gasteiger partial charge in [-0.1, -0.05) is 13.8 Å². The summed E-state index contributed by atoms with van der Waals surface area (Å²) >= 11 is 2.02. The fraction of sp³-hybridized carbons (Fsp3) is 0.833. The predicted molar refractivity (Wildman–Crippen MR) is 88.7 cm³/mol. The Morgan fingerprint density at radius 1 is 1.14 bits per heavy atom. The van der Waals surface area contributed by atoms with Crippen molar-refractivity contribution in [3.8, 4) is 0 Å². The highest BCUT2D eigenvalue weighted by Crippen LogP contribution is 2.61. The first-order chi connectivity index (χ1) is 10.0. The summed E-state index contributed by atoms with van der Waals surface area (Å²) in [4.78, 5) is 6.52. The van der Waals surface area contributed by atoms with Crippen LogP contribution >= 0.6 is 11.3 Å². The average molecular weight is 305 g/mol. The van der Waals surface area contributed by atoms with Gasteiger partial charge in [0, 0.05) is 22.9 Å². The Morgan fingerprint density at radius 2 is 1.71 bits per heavy atom. The van der Waals surface area contributed by atoms with Crippen LogP contribution < -0.4 is 5.32 Å². The second-order valence-corrected chi connectivity index (χ2v) is 9.34. The minimum absolute atomic E-state index is 0.472. The van der Waals surface area contributed by atoms with Gasteiger partial charge in [0.05, 0.1) is 10.7 Å². The molecule has 5 rings (SSSR count). The Bertz CT molecular complexity index is 496. The van der Waals surface area contributed by atoms with E-state index in [1.807, 2.05) is 11.3 Å². The van der Waals surface area contributed by atoms with E-state index in [1.54, 1.807) is 0 Å². The van der Waals surface area contributed by atoms with E-state index in [0.717, 1.165) is 24.3 Å². The first-order valence-electron chi connectivity index (χ1n) is 8.74. The third-order valence-corrected chi connectivity index (χ3v) is 7.46. The lowest BCUT2D eigenvalue weighted by Crippen LogP contribution is -2.48. The van der Waals surface area contributed by atoms with E-state index in [9.17, 15) is 0 Å². The first-order valence-corrected chi connectivity index (χ1v) is 9.56. The van der Waals surface area contributed by atoms with Crippen LogP contribution in [0.25, 0.3) is 0 Å². The number of aryl methyl sites for hydroxylation is 1. The van der Waals surface area contributed by atoms with Crippen LogP contribution in [0.5, 0.6) is 0 Å². The van der Waals surface area contributed by atoms with Crippen LogP contribution in [0.3, 0.4) is 0 Å². The van der Waals surface area contributed by atoms with Crippen molar-refractivity contribution in [2.45, 2.75) is 77.3 Å². The molecule has 4 aliphatic carbocycles. The maximum absolute atomic E-state index is 5.06. The lowest BCUT2D eigenvalue weighted by Gasteiger charge is -2.56. The van der Waals surface area contributed by atoms with E-state index in [0.29, 0.717) is 11.5 Å². The van der Waals surface area contributed by atoms with Crippen LogP contribution in [0.15, 0.2) is 0 Å². The SMILES string of the molecule is Cc1nc(C23CC4CC(CC(C4)C2)C3)sc1CNC(C)C. The fourth-order valence-electron chi connectivity index (χ4n) is 5.49. The van der Waals surface area contributed by atoms with Crippen LogP contribution in [0.1, 0.15) is 68.0 Å². The minimum atomic E-state index is 0.472. The van der Waals surface area contributed by atoms with Gasteiger partial charge in [-0.15, -0.1) is 11.3 Å². The Balaban J connectivity index is 1.60. The third-order valence-electron chi connectivity index (χ3n) is 6.06. The summed E-state index contributed by atoms with van der Waals surface area (Å²) < 4.78 is 0. The highest BCUT2D eigenvalue weighted by Gasteiger charge is 2.53. The zero-order chi connectivity index (χ0) is 14.6. The molecule has 116 valence electrons. The standard InChI is InChI=1S/C18H28N2S/c1-11(2)19-10-16-12(3)20-17(21-16)18-7-13-4-14(8-18)6-15(5-13)9-18/h11,13-15,19H,4-10H2,1-3H3. The molecule has 0 aliphatic heterocycles. The number of thiazole rings is 1. The smallest absolute Gasteiger partial charge is 0.0993 e. The molecule has 0 unspecified atom stereocenters. The molecule has 1 aromatic heterocycles. The third kappa shape index (κ3) is 2.46. The van der Waals surface area contributed by atoms with Crippen LogP contribution in [0.4, 0.5) is 0 Å². The molecule has 0 spiro atoms. The van der Waals surface area contributed by atoms with Crippen molar-refractivity contribution >= 4 is 11.3 Å². The van der Waals surface area contributed by atoms with Crippen molar-refractivity contribution < 1.29 is 0 Å². The van der Waals surface area contributed by atoms with Crippen LogP contribution in [-0.4, -0.2) is 11.0 Å². The lowest BCUT2D eigenvalue weighted by molar-refractivity contribution is -0.00531. The summed E-state index contributed by atoms with van der Waals surface area (Å²) in [5, 5.41) is 5.05. The molecule has 4 aliphatic rings. The molecule has 0 saturated heterocycles. The second kappa shape index (κ2) is 5.06. The molecule has 21 heavy (non-hydrogen) atoms. The molecule has 0 amide bonds. The second-order valence-electron chi connectivity index (χ2n) is 8.26. The number of rotatable bonds is 4. The van der Waals surface area contributed by atoms with E-state index in [-0.39, 0.29) is 0 Å². The summed E-state index contributed by atoms with van der Waals surface area (Å²) in [5.74, 6) is 3.04. The van der Waals surface area contributed by atoms with Gasteiger partial charge in [0.15, 0.2) is 0 Å². The zero-order valence-electron chi connectivity index (χ0n) is 13.6. The lowest BCUT2D eigenvalue weighted by atomic mass is 9.50. The van der Waals surface area contributed by atoms with Crippen molar-refractivity contribution in [1.82, 2.24) is 10.3 Å². The molecule has 4 saturated carbocycles. The molecular formula is C18H28N2S. The molecule has 1 N–H and O–H groups in total. The number of nitrogens with zero attached hydrogens (tertiary/aromatic N) is 1. The molecule has 0 radical (unpaired) electrons. The Morgan fingerprint density at radius 3 is 2.24 bits per heavy atom. The number of aromatic nitrogens is 1. The van der Waals surface area contributed by atoms with Crippen LogP contribution in [-0.2, 0) is 12.0 Å². The van der Waals surface area contributed by atoms with Crippen molar-refractivity contribution in [1.29, 1.82) is 0 Å². The maximum Gasteiger partial charge on any atom is 0.0993 e. The largest absolute Gasteiger partial charge is 0.310 e. The summed E-state index contributed by atoms with van der Waals surface area (Å²) in [5.41, 5.74) is 1.75. The summed E-state index contributed by atoms with van der Waals surface area (Å²) in [6.07, 6.45) is 8.86. The Kier molecular flexibility index (Phi) is 3.42. The van der Waals surface area contributed by atoms with E-state index in [1.165, 1.54) is 54.1 Å². The van der Waals surface area contributed by atoms with E-state index >= 15 is 0 Å². The van der Waals surface area contributed by atoms with Gasteiger partial charge in [-0.2, -0.15) is 0 Å². The normalized spacial score (nSPS) is 37.6. The monoisotopic (exact) mass is 304 g/mol. The first kappa shape index (κ1) is 14.2. The van der Waals surface area contributed by atoms with Crippen molar-refractivity contribution in [3.05, 3.63) is 15.6 Å². The molecule has 0 atom stereocenters. The molecule has 1 heterocycles. The zero-order valence-corrected chi connectivity index (χ0v) is 14.4. The Labute approximate surface area is 132 Å². The number of hydrogen-bond donors (Lipinski definition) is 1. The fourth-order valence-corrected chi connectivity index (χ4v) is 6.72. The van der Waals surface area contributed by atoms with Crippen LogP contribution in [0, 0.1) is 24.7 Å². The molecular weight excluding hydrogens is 276 g/mol. The van der Waals surface area contributed by atoms with E-state index in [4.69, 9.17) is 4.98 Å². The van der Waals surface area contributed by atoms with Gasteiger partial charge in [-0.25, -0.2) is 4.98 Å². The molecule has 2 nitrogen and oxygen atoms in total. The van der Waals surface area contributed by atoms with Crippen molar-refractivity contribution in [2.24, 2.45) is 17.8 Å². The van der Waals surface area contributed by atoms with Gasteiger partial charge in [0.2, 0.25) is 0 Å². The van der Waals surface area contributed by atoms with Gasteiger partial charge in [0.25, 0.3) is 0 Å². The van der Waals surface area contributed by atoms with Crippen molar-refractivity contribution in [2.75, 3.05) is 0 Å². The molecule has 0 aromatic carbocycles. The molecule has 3 heteroatoms. The summed E-state index contributed by atoms with van der Waals surface area (Å²) in [6.45, 7) is 7.64. The molecule has 4 fully saturated rings. The van der Waals surface area contributed by atoms with Crippen molar-refractivity contribution in [3.63, 3.8) is 0 Å². The molecule has 4 bridgehead atoms. The number of nitrogens with one attached hydrogen (secondary N) is 1. The maximum atomic E-state index is 5.06. The van der Waals surface area contributed by atoms with E-state index < -0.39 is 0 Å². The topological polar surface area (TPSA) is 24.9 Å².